The van der Waals surface area contributed by atoms with Crippen molar-refractivity contribution in [2.24, 2.45) is 0 Å². The van der Waals surface area contributed by atoms with E-state index in [1.54, 1.807) is 48.5 Å². The summed E-state index contributed by atoms with van der Waals surface area (Å²) in [5.74, 6) is 0. The summed E-state index contributed by atoms with van der Waals surface area (Å²) in [6.07, 6.45) is 1.71. The lowest BCUT2D eigenvalue weighted by Crippen LogP contribution is -2.87. The molecule has 0 radical (unpaired) electrons. The van der Waals surface area contributed by atoms with E-state index in [1.807, 2.05) is 121 Å². The molecule has 8 aromatic carbocycles. The average Bonchev–Trinajstić information content (AvgIpc) is 3.40. The lowest BCUT2D eigenvalue weighted by atomic mass is 9.16. The first kappa shape index (κ1) is 43.9. The van der Waals surface area contributed by atoms with Crippen molar-refractivity contribution in [3.8, 4) is 0 Å². The first-order valence-corrected chi connectivity index (χ1v) is 23.1. The lowest BCUT2D eigenvalue weighted by molar-refractivity contribution is -0.385. The van der Waals surface area contributed by atoms with Crippen LogP contribution in [0.3, 0.4) is 0 Å². The molecule has 12 heteroatoms. The molecule has 0 aliphatic heterocycles. The summed E-state index contributed by atoms with van der Waals surface area (Å²) in [5, 5.41) is 50.1. The SMILES string of the molecule is O=[N+]([O-])c1ccc(C23CC4(c5ccc([N+](=O)[O-])cc5)CC(c5ccc([N+](=O)[O-])cc5)(C2)C(c2ccccc2)(c2ccccc2)C(c2ccc([N+](=O)[O-])cc2)(C3)C4(c2ccccc2)c2ccccc2)cc1. The van der Waals surface area contributed by atoms with Crippen molar-refractivity contribution < 1.29 is 19.7 Å². The van der Waals surface area contributed by atoms with Crippen LogP contribution in [-0.2, 0) is 32.5 Å². The highest BCUT2D eigenvalue weighted by atomic mass is 16.6. The molecule has 0 N–H and O–H groups in total. The van der Waals surface area contributed by atoms with Crippen LogP contribution in [0.4, 0.5) is 22.7 Å². The number of benzene rings is 8. The van der Waals surface area contributed by atoms with Gasteiger partial charge in [-0.15, -0.1) is 0 Å². The smallest absolute Gasteiger partial charge is 0.258 e. The summed E-state index contributed by atoms with van der Waals surface area (Å²) in [6.45, 7) is 0. The summed E-state index contributed by atoms with van der Waals surface area (Å²) in [5.41, 5.74) is 0.198. The van der Waals surface area contributed by atoms with E-state index in [4.69, 9.17) is 0 Å². The second-order valence-corrected chi connectivity index (χ2v) is 19.2. The Morgan fingerprint density at radius 2 is 0.529 bits per heavy atom. The zero-order valence-corrected chi connectivity index (χ0v) is 37.7. The number of nitrogens with zero attached hydrogens (tertiary/aromatic N) is 4. The van der Waals surface area contributed by atoms with Gasteiger partial charge in [-0.25, -0.2) is 0 Å². The van der Waals surface area contributed by atoms with Crippen LogP contribution in [0.1, 0.15) is 70.2 Å². The second-order valence-electron chi connectivity index (χ2n) is 19.2. The van der Waals surface area contributed by atoms with Gasteiger partial charge in [-0.1, -0.05) is 170 Å². The van der Waals surface area contributed by atoms with Gasteiger partial charge in [0, 0.05) is 75.6 Å². The van der Waals surface area contributed by atoms with Crippen LogP contribution < -0.4 is 0 Å². The van der Waals surface area contributed by atoms with Crippen LogP contribution in [0.15, 0.2) is 218 Å². The van der Waals surface area contributed by atoms with Crippen LogP contribution in [0, 0.1) is 40.5 Å². The Balaban J connectivity index is 1.47. The highest BCUT2D eigenvalue weighted by Crippen LogP contribution is 2.88. The van der Waals surface area contributed by atoms with Gasteiger partial charge in [-0.2, -0.15) is 0 Å². The minimum atomic E-state index is -1.25. The maximum atomic E-state index is 12.7. The Hall–Kier alpha value is -8.64. The molecule has 0 heterocycles. The molecule has 4 aliphatic carbocycles. The molecule has 12 rings (SSSR count). The first-order valence-electron chi connectivity index (χ1n) is 23.1. The van der Waals surface area contributed by atoms with Crippen LogP contribution in [0.5, 0.6) is 0 Å². The van der Waals surface area contributed by atoms with Gasteiger partial charge in [0.1, 0.15) is 0 Å². The molecule has 2 atom stereocenters. The van der Waals surface area contributed by atoms with Crippen LogP contribution in [0.25, 0.3) is 0 Å². The van der Waals surface area contributed by atoms with E-state index in [2.05, 4.69) is 48.5 Å². The van der Waals surface area contributed by atoms with Crippen molar-refractivity contribution in [3.05, 3.63) is 303 Å². The van der Waals surface area contributed by atoms with Gasteiger partial charge in [0.05, 0.1) is 19.7 Å². The predicted molar refractivity (Wildman–Crippen MR) is 265 cm³/mol. The topological polar surface area (TPSA) is 173 Å². The summed E-state index contributed by atoms with van der Waals surface area (Å²) in [7, 11) is 0. The molecule has 344 valence electrons. The summed E-state index contributed by atoms with van der Waals surface area (Å²) in [6, 6.07) is 69.0. The minimum absolute atomic E-state index is 0.0699. The van der Waals surface area contributed by atoms with Gasteiger partial charge in [0.25, 0.3) is 22.7 Å². The Bertz CT molecular complexity index is 3080. The number of nitro groups is 4. The maximum absolute atomic E-state index is 12.7. The van der Waals surface area contributed by atoms with E-state index in [0.717, 1.165) is 44.5 Å². The number of hydrogen-bond acceptors (Lipinski definition) is 8. The van der Waals surface area contributed by atoms with Gasteiger partial charge < -0.3 is 0 Å². The lowest BCUT2D eigenvalue weighted by Gasteiger charge is -2.85. The Labute approximate surface area is 402 Å². The maximum Gasteiger partial charge on any atom is 0.269 e. The van der Waals surface area contributed by atoms with Gasteiger partial charge in [-0.3, -0.25) is 40.5 Å². The molecule has 4 bridgehead atoms. The molecular formula is C58H44N4O8. The van der Waals surface area contributed by atoms with E-state index in [1.165, 1.54) is 0 Å². The molecular weight excluding hydrogens is 881 g/mol. The number of non-ortho nitro benzene ring substituents is 4. The number of hydrogen-bond donors (Lipinski definition) is 0. The standard InChI is InChI=1S/C58H44N4O8/c63-59(64)49-29-21-41(22-30-49)53-37-54(42-23-31-50(32-24-42)60(65)66)40-55(38-53,43-25-33-51(34-26-43)61(67)68)58(47-17-9-3-10-18-47,48-19-11-4-12-20-48)56(39-53,44-27-35-52(36-28-44)62(69)70)57(54,45-13-5-1-6-14-45)46-15-7-2-8-16-46/h1-36H,37-40H2. The molecule has 0 aromatic heterocycles. The summed E-state index contributed by atoms with van der Waals surface area (Å²) in [4.78, 5) is 48.5. The van der Waals surface area contributed by atoms with Crippen molar-refractivity contribution in [3.63, 3.8) is 0 Å². The third-order valence-electron chi connectivity index (χ3n) is 16.6. The molecule has 0 saturated heterocycles. The zero-order valence-electron chi connectivity index (χ0n) is 37.7. The molecule has 0 spiro atoms. The molecule has 2 unspecified atom stereocenters. The van der Waals surface area contributed by atoms with E-state index in [9.17, 15) is 40.5 Å². The fraction of sp³-hybridized carbons (Fsp3) is 0.172. The number of nitro benzene ring substituents is 4. The van der Waals surface area contributed by atoms with E-state index in [0.29, 0.717) is 25.7 Å². The van der Waals surface area contributed by atoms with Gasteiger partial charge in [0.15, 0.2) is 0 Å². The average molecular weight is 925 g/mol. The Morgan fingerprint density at radius 1 is 0.271 bits per heavy atom. The van der Waals surface area contributed by atoms with Crippen LogP contribution in [0.2, 0.25) is 0 Å². The molecule has 4 saturated carbocycles. The van der Waals surface area contributed by atoms with E-state index < -0.39 is 52.2 Å². The second kappa shape index (κ2) is 16.0. The van der Waals surface area contributed by atoms with E-state index >= 15 is 0 Å². The third kappa shape index (κ3) is 5.76. The largest absolute Gasteiger partial charge is 0.269 e. The highest BCUT2D eigenvalue weighted by molar-refractivity contribution is 5.73. The van der Waals surface area contributed by atoms with Crippen molar-refractivity contribution in [1.29, 1.82) is 0 Å². The van der Waals surface area contributed by atoms with Gasteiger partial charge in [-0.05, 0) is 75.6 Å². The van der Waals surface area contributed by atoms with Gasteiger partial charge in [0.2, 0.25) is 0 Å². The quantitative estimate of drug-likeness (QED) is 0.0860. The summed E-state index contributed by atoms with van der Waals surface area (Å²) < 4.78 is 0. The Kier molecular flexibility index (Phi) is 10.0. The minimum Gasteiger partial charge on any atom is -0.258 e. The molecule has 4 fully saturated rings. The summed E-state index contributed by atoms with van der Waals surface area (Å²) >= 11 is 0. The van der Waals surface area contributed by atoms with Crippen molar-refractivity contribution >= 4 is 22.7 Å². The molecule has 12 nitrogen and oxygen atoms in total. The van der Waals surface area contributed by atoms with Crippen molar-refractivity contribution in [1.82, 2.24) is 0 Å². The highest BCUT2D eigenvalue weighted by Gasteiger charge is 2.88. The van der Waals surface area contributed by atoms with Crippen molar-refractivity contribution in [2.75, 3.05) is 0 Å². The number of rotatable bonds is 12. The normalized spacial score (nSPS) is 23.5. The zero-order chi connectivity index (χ0) is 48.5. The van der Waals surface area contributed by atoms with Crippen LogP contribution >= 0.6 is 0 Å². The molecule has 0 amide bonds. The van der Waals surface area contributed by atoms with Gasteiger partial charge >= 0.3 is 0 Å². The monoisotopic (exact) mass is 924 g/mol. The predicted octanol–water partition coefficient (Wildman–Crippen LogP) is 12.9. The molecule has 4 aliphatic rings. The van der Waals surface area contributed by atoms with Crippen LogP contribution in [-0.4, -0.2) is 19.7 Å². The Morgan fingerprint density at radius 3 is 0.800 bits per heavy atom. The molecule has 8 aromatic rings. The van der Waals surface area contributed by atoms with E-state index in [-0.39, 0.29) is 22.7 Å². The fourth-order valence-electron chi connectivity index (χ4n) is 14.9. The first-order chi connectivity index (χ1) is 33.9. The third-order valence-corrected chi connectivity index (χ3v) is 16.6. The molecule has 70 heavy (non-hydrogen) atoms. The van der Waals surface area contributed by atoms with Crippen molar-refractivity contribution in [2.45, 2.75) is 58.2 Å². The fourth-order valence-corrected chi connectivity index (χ4v) is 14.9.